The largest absolute Gasteiger partial charge is 0.478 e. The van der Waals surface area contributed by atoms with Crippen molar-refractivity contribution in [3.63, 3.8) is 0 Å². The maximum atomic E-state index is 12.5. The van der Waals surface area contributed by atoms with E-state index in [4.69, 9.17) is 9.47 Å². The number of rotatable bonds is 5. The molecule has 1 atom stereocenters. The lowest BCUT2D eigenvalue weighted by Crippen LogP contribution is -2.31. The van der Waals surface area contributed by atoms with Gasteiger partial charge in [-0.3, -0.25) is 4.79 Å². The first-order valence-corrected chi connectivity index (χ1v) is 8.61. The summed E-state index contributed by atoms with van der Waals surface area (Å²) in [5.41, 5.74) is 0.556. The van der Waals surface area contributed by atoms with Gasteiger partial charge in [0.2, 0.25) is 11.8 Å². The van der Waals surface area contributed by atoms with Crippen molar-refractivity contribution in [1.82, 2.24) is 14.9 Å². The average molecular weight is 392 g/mol. The molecule has 0 saturated carbocycles. The highest BCUT2D eigenvalue weighted by Crippen LogP contribution is 2.20. The van der Waals surface area contributed by atoms with Crippen molar-refractivity contribution in [3.05, 3.63) is 46.7 Å². The molecule has 0 aliphatic carbocycles. The third-order valence-corrected chi connectivity index (χ3v) is 4.16. The third-order valence-electron chi connectivity index (χ3n) is 3.70. The first kappa shape index (κ1) is 16.7. The van der Waals surface area contributed by atoms with Gasteiger partial charge in [-0.2, -0.15) is 0 Å². The molecule has 2 aromatic heterocycles. The average Bonchev–Trinajstić information content (AvgIpc) is 3.06. The lowest BCUT2D eigenvalue weighted by molar-refractivity contribution is 0.0770. The number of amides is 1. The summed E-state index contributed by atoms with van der Waals surface area (Å²) >= 11 is 3.34. The van der Waals surface area contributed by atoms with Crippen LogP contribution in [0.25, 0.3) is 0 Å². The molecule has 1 aliphatic heterocycles. The molecular weight excluding hydrogens is 374 g/mol. The minimum atomic E-state index is -0.0433. The van der Waals surface area contributed by atoms with Crippen LogP contribution in [-0.4, -0.2) is 46.6 Å². The lowest BCUT2D eigenvalue weighted by Gasteiger charge is -2.17. The number of pyridine rings is 2. The van der Waals surface area contributed by atoms with Crippen LogP contribution in [0, 0.1) is 0 Å². The van der Waals surface area contributed by atoms with E-state index in [9.17, 15) is 4.79 Å². The second-order valence-corrected chi connectivity index (χ2v) is 6.33. The summed E-state index contributed by atoms with van der Waals surface area (Å²) in [4.78, 5) is 22.6. The van der Waals surface area contributed by atoms with Gasteiger partial charge in [-0.25, -0.2) is 9.97 Å². The summed E-state index contributed by atoms with van der Waals surface area (Å²) in [5, 5.41) is 0. The standard InChI is InChI=1S/C17H18BrN3O3/c1-2-23-15-5-3-12(9-19-15)17(22)21-8-7-14(11-21)24-16-6-4-13(18)10-20-16/h3-6,9-10,14H,2,7-8,11H2,1H3. The fraction of sp³-hybridized carbons (Fsp3) is 0.353. The van der Waals surface area contributed by atoms with E-state index >= 15 is 0 Å². The zero-order chi connectivity index (χ0) is 16.9. The second-order valence-electron chi connectivity index (χ2n) is 5.41. The van der Waals surface area contributed by atoms with Crippen LogP contribution in [0.2, 0.25) is 0 Å². The number of hydrogen-bond donors (Lipinski definition) is 0. The molecule has 6 nitrogen and oxygen atoms in total. The molecule has 24 heavy (non-hydrogen) atoms. The van der Waals surface area contributed by atoms with Gasteiger partial charge in [-0.15, -0.1) is 0 Å². The van der Waals surface area contributed by atoms with Crippen LogP contribution in [0.15, 0.2) is 41.1 Å². The Hall–Kier alpha value is -2.15. The molecule has 3 heterocycles. The van der Waals surface area contributed by atoms with Gasteiger partial charge in [0.1, 0.15) is 6.10 Å². The summed E-state index contributed by atoms with van der Waals surface area (Å²) in [6.45, 7) is 3.65. The van der Waals surface area contributed by atoms with E-state index in [2.05, 4.69) is 25.9 Å². The molecule has 3 rings (SSSR count). The maximum Gasteiger partial charge on any atom is 0.255 e. The molecule has 1 amide bonds. The Morgan fingerprint density at radius 1 is 1.25 bits per heavy atom. The Morgan fingerprint density at radius 2 is 2.04 bits per heavy atom. The highest BCUT2D eigenvalue weighted by atomic mass is 79.9. The van der Waals surface area contributed by atoms with Gasteiger partial charge in [0.05, 0.1) is 18.7 Å². The van der Waals surface area contributed by atoms with Crippen molar-refractivity contribution < 1.29 is 14.3 Å². The number of carbonyl (C=O) groups excluding carboxylic acids is 1. The molecule has 2 aromatic rings. The lowest BCUT2D eigenvalue weighted by atomic mass is 10.2. The van der Waals surface area contributed by atoms with E-state index in [1.54, 1.807) is 29.4 Å². The maximum absolute atomic E-state index is 12.5. The molecule has 7 heteroatoms. The Labute approximate surface area is 148 Å². The van der Waals surface area contributed by atoms with E-state index in [-0.39, 0.29) is 12.0 Å². The quantitative estimate of drug-likeness (QED) is 0.783. The van der Waals surface area contributed by atoms with Gasteiger partial charge in [0.15, 0.2) is 0 Å². The number of aromatic nitrogens is 2. The Morgan fingerprint density at radius 3 is 2.71 bits per heavy atom. The molecule has 126 valence electrons. The van der Waals surface area contributed by atoms with Crippen LogP contribution < -0.4 is 9.47 Å². The Balaban J connectivity index is 1.58. The van der Waals surface area contributed by atoms with Crippen LogP contribution in [0.3, 0.4) is 0 Å². The zero-order valence-corrected chi connectivity index (χ0v) is 14.9. The summed E-state index contributed by atoms with van der Waals surface area (Å²) < 4.78 is 12.0. The molecule has 0 aromatic carbocycles. The van der Waals surface area contributed by atoms with Gasteiger partial charge in [-0.1, -0.05) is 0 Å². The van der Waals surface area contributed by atoms with Crippen molar-refractivity contribution in [3.8, 4) is 11.8 Å². The normalized spacial score (nSPS) is 16.9. The van der Waals surface area contributed by atoms with Crippen LogP contribution in [0.4, 0.5) is 0 Å². The molecule has 1 fully saturated rings. The second kappa shape index (κ2) is 7.61. The predicted octanol–water partition coefficient (Wildman–Crippen LogP) is 2.93. The third kappa shape index (κ3) is 4.03. The van der Waals surface area contributed by atoms with Crippen molar-refractivity contribution in [2.24, 2.45) is 0 Å². The van der Waals surface area contributed by atoms with E-state index in [1.807, 2.05) is 19.1 Å². The van der Waals surface area contributed by atoms with Gasteiger partial charge >= 0.3 is 0 Å². The van der Waals surface area contributed by atoms with Crippen LogP contribution in [0.1, 0.15) is 23.7 Å². The molecule has 1 saturated heterocycles. The highest BCUT2D eigenvalue weighted by Gasteiger charge is 2.28. The summed E-state index contributed by atoms with van der Waals surface area (Å²) in [5.74, 6) is 1.05. The van der Waals surface area contributed by atoms with Crippen molar-refractivity contribution >= 4 is 21.8 Å². The number of nitrogens with zero attached hydrogens (tertiary/aromatic N) is 3. The number of hydrogen-bond acceptors (Lipinski definition) is 5. The molecule has 0 bridgehead atoms. The van der Waals surface area contributed by atoms with E-state index in [1.165, 1.54) is 0 Å². The SMILES string of the molecule is CCOc1ccc(C(=O)N2CCC(Oc3ccc(Br)cn3)C2)cn1. The minimum absolute atomic E-state index is 0.0413. The Kier molecular flexibility index (Phi) is 5.30. The van der Waals surface area contributed by atoms with Gasteiger partial charge in [0, 0.05) is 42.0 Å². The van der Waals surface area contributed by atoms with Crippen molar-refractivity contribution in [2.45, 2.75) is 19.4 Å². The minimum Gasteiger partial charge on any atom is -0.478 e. The molecular formula is C17H18BrN3O3. The number of likely N-dealkylation sites (tertiary alicyclic amines) is 1. The number of carbonyl (C=O) groups is 1. The monoisotopic (exact) mass is 391 g/mol. The van der Waals surface area contributed by atoms with Gasteiger partial charge in [0.25, 0.3) is 5.91 Å². The van der Waals surface area contributed by atoms with E-state index in [0.29, 0.717) is 37.0 Å². The summed E-state index contributed by atoms with van der Waals surface area (Å²) in [7, 11) is 0. The highest BCUT2D eigenvalue weighted by molar-refractivity contribution is 9.10. The molecule has 0 radical (unpaired) electrons. The fourth-order valence-corrected chi connectivity index (χ4v) is 2.77. The van der Waals surface area contributed by atoms with Crippen LogP contribution >= 0.6 is 15.9 Å². The molecule has 1 aliphatic rings. The van der Waals surface area contributed by atoms with E-state index < -0.39 is 0 Å². The number of ether oxygens (including phenoxy) is 2. The molecule has 0 N–H and O–H groups in total. The smallest absolute Gasteiger partial charge is 0.255 e. The Bertz CT molecular complexity index is 691. The molecule has 1 unspecified atom stereocenters. The summed E-state index contributed by atoms with van der Waals surface area (Å²) in [6.07, 6.45) is 3.99. The topological polar surface area (TPSA) is 64.5 Å². The van der Waals surface area contributed by atoms with Gasteiger partial charge < -0.3 is 14.4 Å². The number of halogens is 1. The predicted molar refractivity (Wildman–Crippen MR) is 92.3 cm³/mol. The van der Waals surface area contributed by atoms with Crippen LogP contribution in [0.5, 0.6) is 11.8 Å². The first-order valence-electron chi connectivity index (χ1n) is 7.82. The fourth-order valence-electron chi connectivity index (χ4n) is 2.53. The zero-order valence-electron chi connectivity index (χ0n) is 13.3. The van der Waals surface area contributed by atoms with Gasteiger partial charge in [-0.05, 0) is 35.0 Å². The summed E-state index contributed by atoms with van der Waals surface area (Å²) in [6, 6.07) is 7.15. The van der Waals surface area contributed by atoms with Crippen molar-refractivity contribution in [2.75, 3.05) is 19.7 Å². The van der Waals surface area contributed by atoms with Crippen molar-refractivity contribution in [1.29, 1.82) is 0 Å². The van der Waals surface area contributed by atoms with E-state index in [0.717, 1.165) is 10.9 Å². The van der Waals surface area contributed by atoms with Crippen LogP contribution in [-0.2, 0) is 0 Å². The first-order chi connectivity index (χ1) is 11.7. The molecule has 0 spiro atoms.